The van der Waals surface area contributed by atoms with Crippen molar-refractivity contribution in [3.05, 3.63) is 70.8 Å². The molecule has 0 bridgehead atoms. The summed E-state index contributed by atoms with van der Waals surface area (Å²) in [5.74, 6) is 2.04. The quantitative estimate of drug-likeness (QED) is 0.546. The van der Waals surface area contributed by atoms with Crippen LogP contribution in [0.15, 0.2) is 64.6 Å². The molecule has 27 heavy (non-hydrogen) atoms. The van der Waals surface area contributed by atoms with Gasteiger partial charge in [-0.1, -0.05) is 6.07 Å². The summed E-state index contributed by atoms with van der Waals surface area (Å²) in [7, 11) is 1.61. The second-order valence-electron chi connectivity index (χ2n) is 5.61. The number of benzene rings is 1. The van der Waals surface area contributed by atoms with Gasteiger partial charge in [-0.15, -0.1) is 16.4 Å². The Kier molecular flexibility index (Phi) is 4.71. The molecule has 0 spiro atoms. The number of carbonyl (C=O) groups excluding carboxylic acids is 1. The number of carbonyl (C=O) groups is 1. The molecule has 3 aromatic heterocycles. The van der Waals surface area contributed by atoms with Crippen molar-refractivity contribution in [1.29, 1.82) is 0 Å². The molecule has 1 aromatic carbocycles. The van der Waals surface area contributed by atoms with E-state index in [0.717, 1.165) is 17.1 Å². The second-order valence-corrected chi connectivity index (χ2v) is 6.56. The predicted octanol–water partition coefficient (Wildman–Crippen LogP) is 3.91. The minimum Gasteiger partial charge on any atom is -0.497 e. The minimum absolute atomic E-state index is 0.237. The fourth-order valence-corrected chi connectivity index (χ4v) is 3.16. The van der Waals surface area contributed by atoms with Gasteiger partial charge in [0, 0.05) is 5.56 Å². The summed E-state index contributed by atoms with van der Waals surface area (Å²) < 4.78 is 11.8. The molecule has 0 aliphatic heterocycles. The standard InChI is InChI=1S/C19H16N4O3S/c1-25-14-8-6-13(7-9-14)17-21-19(20-12-15-4-2-10-26-15)23(22-17)18(24)16-5-3-11-27-16/h2-11H,12H2,1H3,(H,20,21,22). The zero-order valence-corrected chi connectivity index (χ0v) is 15.3. The summed E-state index contributed by atoms with van der Waals surface area (Å²) in [5.41, 5.74) is 0.787. The van der Waals surface area contributed by atoms with Gasteiger partial charge < -0.3 is 14.5 Å². The molecule has 8 heteroatoms. The normalized spacial score (nSPS) is 10.7. The Hall–Kier alpha value is -3.39. The van der Waals surface area contributed by atoms with Gasteiger partial charge in [0.05, 0.1) is 24.8 Å². The van der Waals surface area contributed by atoms with Gasteiger partial charge in [0.25, 0.3) is 5.91 Å². The first-order chi connectivity index (χ1) is 13.2. The fourth-order valence-electron chi connectivity index (χ4n) is 2.51. The molecular weight excluding hydrogens is 364 g/mol. The van der Waals surface area contributed by atoms with Gasteiger partial charge in [-0.3, -0.25) is 4.79 Å². The van der Waals surface area contributed by atoms with Crippen molar-refractivity contribution >= 4 is 23.2 Å². The number of rotatable bonds is 6. The van der Waals surface area contributed by atoms with Crippen molar-refractivity contribution in [2.45, 2.75) is 6.54 Å². The Labute approximate surface area is 159 Å². The van der Waals surface area contributed by atoms with Crippen molar-refractivity contribution in [3.63, 3.8) is 0 Å². The molecule has 0 unspecified atom stereocenters. The number of methoxy groups -OCH3 is 1. The predicted molar refractivity (Wildman–Crippen MR) is 102 cm³/mol. The summed E-state index contributed by atoms with van der Waals surface area (Å²) in [5, 5.41) is 9.40. The van der Waals surface area contributed by atoms with E-state index >= 15 is 0 Å². The number of furan rings is 1. The second kappa shape index (κ2) is 7.46. The van der Waals surface area contributed by atoms with Crippen LogP contribution in [-0.4, -0.2) is 27.8 Å². The van der Waals surface area contributed by atoms with Crippen molar-refractivity contribution in [2.24, 2.45) is 0 Å². The van der Waals surface area contributed by atoms with Crippen LogP contribution in [0.1, 0.15) is 15.4 Å². The minimum atomic E-state index is -0.237. The molecule has 0 aliphatic rings. The van der Waals surface area contributed by atoms with Gasteiger partial charge in [0.2, 0.25) is 5.95 Å². The molecular formula is C19H16N4O3S. The Bertz CT molecular complexity index is 1020. The first-order valence-electron chi connectivity index (χ1n) is 8.20. The molecule has 4 rings (SSSR count). The molecule has 4 aromatic rings. The maximum absolute atomic E-state index is 12.8. The number of ether oxygens (including phenoxy) is 1. The fraction of sp³-hybridized carbons (Fsp3) is 0.105. The van der Waals surface area contributed by atoms with E-state index in [9.17, 15) is 4.79 Å². The average Bonchev–Trinajstić information content (AvgIpc) is 3.47. The maximum atomic E-state index is 12.8. The van der Waals surface area contributed by atoms with Gasteiger partial charge in [-0.25, -0.2) is 0 Å². The van der Waals surface area contributed by atoms with E-state index in [-0.39, 0.29) is 5.91 Å². The number of thiophene rings is 1. The molecule has 0 fully saturated rings. The third kappa shape index (κ3) is 3.61. The number of aromatic nitrogens is 3. The number of anilines is 1. The average molecular weight is 380 g/mol. The van der Waals surface area contributed by atoms with Crippen LogP contribution >= 0.6 is 11.3 Å². The van der Waals surface area contributed by atoms with E-state index in [1.54, 1.807) is 25.5 Å². The maximum Gasteiger partial charge on any atom is 0.291 e. The highest BCUT2D eigenvalue weighted by molar-refractivity contribution is 7.12. The van der Waals surface area contributed by atoms with Crippen molar-refractivity contribution in [3.8, 4) is 17.1 Å². The molecule has 3 heterocycles. The molecule has 0 atom stereocenters. The third-order valence-corrected chi connectivity index (χ3v) is 4.74. The lowest BCUT2D eigenvalue weighted by Crippen LogP contribution is -2.16. The highest BCUT2D eigenvalue weighted by Gasteiger charge is 2.19. The van der Waals surface area contributed by atoms with Crippen molar-refractivity contribution in [2.75, 3.05) is 12.4 Å². The van der Waals surface area contributed by atoms with Crippen LogP contribution in [0.3, 0.4) is 0 Å². The van der Waals surface area contributed by atoms with Crippen molar-refractivity contribution < 1.29 is 13.9 Å². The van der Waals surface area contributed by atoms with Crippen LogP contribution in [0, 0.1) is 0 Å². The zero-order valence-electron chi connectivity index (χ0n) is 14.5. The van der Waals surface area contributed by atoms with E-state index in [2.05, 4.69) is 15.4 Å². The van der Waals surface area contributed by atoms with Gasteiger partial charge in [-0.05, 0) is 47.8 Å². The summed E-state index contributed by atoms with van der Waals surface area (Å²) in [6.07, 6.45) is 1.60. The van der Waals surface area contributed by atoms with Crippen LogP contribution in [0.2, 0.25) is 0 Å². The highest BCUT2D eigenvalue weighted by atomic mass is 32.1. The van der Waals surface area contributed by atoms with Crippen LogP contribution in [0.5, 0.6) is 5.75 Å². The summed E-state index contributed by atoms with van der Waals surface area (Å²) >= 11 is 1.36. The monoisotopic (exact) mass is 380 g/mol. The van der Waals surface area contributed by atoms with E-state index in [1.807, 2.05) is 41.8 Å². The van der Waals surface area contributed by atoms with E-state index in [0.29, 0.717) is 23.2 Å². The molecule has 136 valence electrons. The Morgan fingerprint density at radius 1 is 1.22 bits per heavy atom. The van der Waals surface area contributed by atoms with Crippen LogP contribution in [0.25, 0.3) is 11.4 Å². The first kappa shape index (κ1) is 17.0. The third-order valence-electron chi connectivity index (χ3n) is 3.88. The first-order valence-corrected chi connectivity index (χ1v) is 9.08. The van der Waals surface area contributed by atoms with Crippen LogP contribution in [-0.2, 0) is 6.54 Å². The van der Waals surface area contributed by atoms with E-state index in [4.69, 9.17) is 9.15 Å². The topological polar surface area (TPSA) is 82.2 Å². The molecule has 0 saturated carbocycles. The molecule has 0 amide bonds. The SMILES string of the molecule is COc1ccc(-c2nc(NCc3ccco3)n(C(=O)c3cccs3)n2)cc1. The molecule has 0 aliphatic carbocycles. The largest absolute Gasteiger partial charge is 0.497 e. The van der Waals surface area contributed by atoms with Gasteiger partial charge in [0.1, 0.15) is 11.5 Å². The lowest BCUT2D eigenvalue weighted by atomic mass is 10.2. The highest BCUT2D eigenvalue weighted by Crippen LogP contribution is 2.23. The van der Waals surface area contributed by atoms with Gasteiger partial charge >= 0.3 is 0 Å². The van der Waals surface area contributed by atoms with Crippen LogP contribution in [0.4, 0.5) is 5.95 Å². The lowest BCUT2D eigenvalue weighted by molar-refractivity contribution is 0.0951. The summed E-state index contributed by atoms with van der Waals surface area (Å²) in [4.78, 5) is 17.9. The molecule has 0 saturated heterocycles. The summed E-state index contributed by atoms with van der Waals surface area (Å²) in [6.45, 7) is 0.394. The summed E-state index contributed by atoms with van der Waals surface area (Å²) in [6, 6.07) is 14.6. The Balaban J connectivity index is 1.68. The number of nitrogens with zero attached hydrogens (tertiary/aromatic N) is 3. The number of nitrogens with one attached hydrogen (secondary N) is 1. The smallest absolute Gasteiger partial charge is 0.291 e. The Morgan fingerprint density at radius 2 is 2.07 bits per heavy atom. The van der Waals surface area contributed by atoms with E-state index < -0.39 is 0 Å². The molecule has 7 nitrogen and oxygen atoms in total. The van der Waals surface area contributed by atoms with Gasteiger partial charge in [0.15, 0.2) is 5.82 Å². The van der Waals surface area contributed by atoms with Gasteiger partial charge in [-0.2, -0.15) is 9.67 Å². The number of hydrogen-bond donors (Lipinski definition) is 1. The molecule has 1 N–H and O–H groups in total. The zero-order chi connectivity index (χ0) is 18.6. The Morgan fingerprint density at radius 3 is 2.74 bits per heavy atom. The lowest BCUT2D eigenvalue weighted by Gasteiger charge is -2.04. The van der Waals surface area contributed by atoms with Crippen LogP contribution < -0.4 is 10.1 Å². The van der Waals surface area contributed by atoms with E-state index in [1.165, 1.54) is 16.0 Å². The molecule has 0 radical (unpaired) electrons. The number of hydrogen-bond acceptors (Lipinski definition) is 7. The van der Waals surface area contributed by atoms with Crippen molar-refractivity contribution in [1.82, 2.24) is 14.8 Å².